The highest BCUT2D eigenvalue weighted by molar-refractivity contribution is 5.86. The second-order valence-electron chi connectivity index (χ2n) is 4.42. The zero-order valence-electron chi connectivity index (χ0n) is 11.9. The summed E-state index contributed by atoms with van der Waals surface area (Å²) in [7, 11) is 1.53. The standard InChI is InChI=1S/C17H16O4/c1-12-6-3-4-8-14(12)21-15-9-5-7-13(17(15)20-2)10-11-16(18)19/h3-11H,1-2H3,(H,18,19)/b11-10+. The molecule has 0 unspecified atom stereocenters. The number of ether oxygens (including phenoxy) is 2. The number of aliphatic carboxylic acids is 1. The van der Waals surface area contributed by atoms with Crippen LogP contribution in [0.5, 0.6) is 17.2 Å². The van der Waals surface area contributed by atoms with Gasteiger partial charge in [-0.3, -0.25) is 0 Å². The van der Waals surface area contributed by atoms with Crippen molar-refractivity contribution in [3.05, 3.63) is 59.7 Å². The summed E-state index contributed by atoms with van der Waals surface area (Å²) >= 11 is 0. The minimum atomic E-state index is -1.01. The van der Waals surface area contributed by atoms with Crippen LogP contribution in [0.2, 0.25) is 0 Å². The molecule has 2 aromatic carbocycles. The third-order valence-corrected chi connectivity index (χ3v) is 2.93. The van der Waals surface area contributed by atoms with Gasteiger partial charge >= 0.3 is 5.97 Å². The first-order chi connectivity index (χ1) is 10.1. The van der Waals surface area contributed by atoms with Gasteiger partial charge in [-0.05, 0) is 30.7 Å². The molecule has 2 rings (SSSR count). The maximum absolute atomic E-state index is 10.6. The van der Waals surface area contributed by atoms with Crippen molar-refractivity contribution in [1.29, 1.82) is 0 Å². The molecule has 0 saturated carbocycles. The van der Waals surface area contributed by atoms with Gasteiger partial charge < -0.3 is 14.6 Å². The Morgan fingerprint density at radius 2 is 1.81 bits per heavy atom. The fraction of sp³-hybridized carbons (Fsp3) is 0.118. The van der Waals surface area contributed by atoms with Crippen molar-refractivity contribution in [1.82, 2.24) is 0 Å². The van der Waals surface area contributed by atoms with Crippen molar-refractivity contribution >= 4 is 12.0 Å². The topological polar surface area (TPSA) is 55.8 Å². The van der Waals surface area contributed by atoms with Crippen molar-refractivity contribution in [2.75, 3.05) is 7.11 Å². The molecule has 4 nitrogen and oxygen atoms in total. The molecule has 0 saturated heterocycles. The van der Waals surface area contributed by atoms with Crippen LogP contribution in [0, 0.1) is 6.92 Å². The lowest BCUT2D eigenvalue weighted by Gasteiger charge is -2.13. The molecule has 0 aliphatic heterocycles. The lowest BCUT2D eigenvalue weighted by molar-refractivity contribution is -0.131. The number of carboxylic acids is 1. The summed E-state index contributed by atoms with van der Waals surface area (Å²) < 4.78 is 11.2. The fourth-order valence-electron chi connectivity index (χ4n) is 1.91. The van der Waals surface area contributed by atoms with Crippen LogP contribution in [0.4, 0.5) is 0 Å². The molecule has 0 amide bonds. The lowest BCUT2D eigenvalue weighted by atomic mass is 10.1. The largest absolute Gasteiger partial charge is 0.492 e. The van der Waals surface area contributed by atoms with Crippen LogP contribution in [0.25, 0.3) is 6.08 Å². The molecule has 2 aromatic rings. The maximum Gasteiger partial charge on any atom is 0.328 e. The summed E-state index contributed by atoms with van der Waals surface area (Å²) in [5.41, 5.74) is 1.65. The molecule has 0 heterocycles. The van der Waals surface area contributed by atoms with Crippen LogP contribution in [-0.2, 0) is 4.79 Å². The van der Waals surface area contributed by atoms with Crippen molar-refractivity contribution in [3.63, 3.8) is 0 Å². The van der Waals surface area contributed by atoms with Crippen LogP contribution in [0.15, 0.2) is 48.5 Å². The van der Waals surface area contributed by atoms with E-state index in [0.29, 0.717) is 17.1 Å². The average Bonchev–Trinajstić information content (AvgIpc) is 2.47. The highest BCUT2D eigenvalue weighted by atomic mass is 16.5. The van der Waals surface area contributed by atoms with Gasteiger partial charge in [-0.1, -0.05) is 30.3 Å². The van der Waals surface area contributed by atoms with E-state index in [4.69, 9.17) is 14.6 Å². The van der Waals surface area contributed by atoms with E-state index in [1.807, 2.05) is 31.2 Å². The number of carbonyl (C=O) groups is 1. The van der Waals surface area contributed by atoms with Crippen LogP contribution in [-0.4, -0.2) is 18.2 Å². The van der Waals surface area contributed by atoms with E-state index in [9.17, 15) is 4.79 Å². The van der Waals surface area contributed by atoms with Gasteiger partial charge in [0.15, 0.2) is 11.5 Å². The molecule has 0 aliphatic carbocycles. The number of benzene rings is 2. The molecule has 108 valence electrons. The van der Waals surface area contributed by atoms with Gasteiger partial charge in [-0.15, -0.1) is 0 Å². The Labute approximate surface area is 123 Å². The molecule has 0 radical (unpaired) electrons. The molecule has 0 aromatic heterocycles. The maximum atomic E-state index is 10.6. The van der Waals surface area contributed by atoms with Crippen molar-refractivity contribution in [3.8, 4) is 17.2 Å². The zero-order valence-corrected chi connectivity index (χ0v) is 11.9. The first kappa shape index (κ1) is 14.7. The van der Waals surface area contributed by atoms with E-state index in [0.717, 1.165) is 17.4 Å². The minimum Gasteiger partial charge on any atom is -0.492 e. The van der Waals surface area contributed by atoms with Gasteiger partial charge in [0.2, 0.25) is 0 Å². The molecule has 1 N–H and O–H groups in total. The first-order valence-electron chi connectivity index (χ1n) is 6.43. The van der Waals surface area contributed by atoms with Gasteiger partial charge in [0.05, 0.1) is 7.11 Å². The number of rotatable bonds is 5. The van der Waals surface area contributed by atoms with E-state index in [1.54, 1.807) is 18.2 Å². The van der Waals surface area contributed by atoms with E-state index in [2.05, 4.69) is 0 Å². The molecule has 0 atom stereocenters. The molecule has 21 heavy (non-hydrogen) atoms. The normalized spacial score (nSPS) is 10.6. The van der Waals surface area contributed by atoms with Gasteiger partial charge in [0.1, 0.15) is 5.75 Å². The molecule has 4 heteroatoms. The van der Waals surface area contributed by atoms with Gasteiger partial charge in [-0.2, -0.15) is 0 Å². The summed E-state index contributed by atoms with van der Waals surface area (Å²) in [6.45, 7) is 1.95. The van der Waals surface area contributed by atoms with Crippen molar-refractivity contribution < 1.29 is 19.4 Å². The number of carboxylic acid groups (broad SMARTS) is 1. The summed E-state index contributed by atoms with van der Waals surface area (Å²) in [6.07, 6.45) is 2.54. The highest BCUT2D eigenvalue weighted by Gasteiger charge is 2.10. The SMILES string of the molecule is COc1c(/C=C/C(=O)O)cccc1Oc1ccccc1C. The van der Waals surface area contributed by atoms with E-state index in [1.165, 1.54) is 13.2 Å². The third kappa shape index (κ3) is 3.63. The Kier molecular flexibility index (Phi) is 4.61. The number of para-hydroxylation sites is 2. The summed E-state index contributed by atoms with van der Waals surface area (Å²) in [6, 6.07) is 13.0. The molecule has 0 fully saturated rings. The van der Waals surface area contributed by atoms with Crippen LogP contribution >= 0.6 is 0 Å². The number of aryl methyl sites for hydroxylation is 1. The van der Waals surface area contributed by atoms with E-state index >= 15 is 0 Å². The van der Waals surface area contributed by atoms with Gasteiger partial charge in [0.25, 0.3) is 0 Å². The number of methoxy groups -OCH3 is 1. The second-order valence-corrected chi connectivity index (χ2v) is 4.42. The van der Waals surface area contributed by atoms with E-state index in [-0.39, 0.29) is 0 Å². The Balaban J connectivity index is 2.38. The molecule has 0 bridgehead atoms. The Morgan fingerprint density at radius 1 is 1.10 bits per heavy atom. The molecule has 0 aliphatic rings. The molecule has 0 spiro atoms. The predicted molar refractivity (Wildman–Crippen MR) is 80.9 cm³/mol. The van der Waals surface area contributed by atoms with Crippen molar-refractivity contribution in [2.45, 2.75) is 6.92 Å². The minimum absolute atomic E-state index is 0.498. The lowest BCUT2D eigenvalue weighted by Crippen LogP contribution is -1.94. The summed E-state index contributed by atoms with van der Waals surface area (Å²) in [5.74, 6) is 0.759. The quantitative estimate of drug-likeness (QED) is 0.846. The van der Waals surface area contributed by atoms with Gasteiger partial charge in [0, 0.05) is 11.6 Å². The second kappa shape index (κ2) is 6.61. The van der Waals surface area contributed by atoms with Crippen LogP contribution in [0.3, 0.4) is 0 Å². The van der Waals surface area contributed by atoms with Gasteiger partial charge in [-0.25, -0.2) is 4.79 Å². The monoisotopic (exact) mass is 284 g/mol. The summed E-state index contributed by atoms with van der Waals surface area (Å²) in [4.78, 5) is 10.6. The van der Waals surface area contributed by atoms with Crippen LogP contribution < -0.4 is 9.47 Å². The number of hydrogen-bond donors (Lipinski definition) is 1. The third-order valence-electron chi connectivity index (χ3n) is 2.93. The van der Waals surface area contributed by atoms with E-state index < -0.39 is 5.97 Å². The highest BCUT2D eigenvalue weighted by Crippen LogP contribution is 2.36. The van der Waals surface area contributed by atoms with Crippen molar-refractivity contribution in [2.24, 2.45) is 0 Å². The zero-order chi connectivity index (χ0) is 15.2. The predicted octanol–water partition coefficient (Wildman–Crippen LogP) is 3.89. The van der Waals surface area contributed by atoms with Crippen LogP contribution in [0.1, 0.15) is 11.1 Å². The smallest absolute Gasteiger partial charge is 0.328 e. The first-order valence-corrected chi connectivity index (χ1v) is 6.43. The molecular formula is C17H16O4. The summed E-state index contributed by atoms with van der Waals surface area (Å²) in [5, 5.41) is 8.72. The number of hydrogen-bond acceptors (Lipinski definition) is 3. The average molecular weight is 284 g/mol. The molecular weight excluding hydrogens is 268 g/mol. The Bertz CT molecular complexity index is 674. The Hall–Kier alpha value is -2.75. The Morgan fingerprint density at radius 3 is 2.48 bits per heavy atom. The fourth-order valence-corrected chi connectivity index (χ4v) is 1.91.